The second-order valence-electron chi connectivity index (χ2n) is 5.82. The Hall–Kier alpha value is -1.20. The van der Waals surface area contributed by atoms with Crippen LogP contribution in [-0.2, 0) is 0 Å². The van der Waals surface area contributed by atoms with Crippen LogP contribution in [0.15, 0.2) is 17.8 Å². The molecular weight excluding hydrogens is 256 g/mol. The van der Waals surface area contributed by atoms with Gasteiger partial charge in [-0.3, -0.25) is 0 Å². The molecule has 1 aliphatic rings. The van der Waals surface area contributed by atoms with Crippen LogP contribution in [0.25, 0.3) is 10.2 Å². The standard InChI is InChI=1S/C14H20N4S/c1-14(4-6-18(2)7-5-14)9-15-13-12-11(3-8-19-12)16-10-17-13/h3,8,10H,4-7,9H2,1-2H3,(H,15,16,17). The van der Waals surface area contributed by atoms with Gasteiger partial charge in [-0.25, -0.2) is 9.97 Å². The maximum Gasteiger partial charge on any atom is 0.147 e. The molecule has 4 nitrogen and oxygen atoms in total. The van der Waals surface area contributed by atoms with Crippen molar-refractivity contribution in [1.82, 2.24) is 14.9 Å². The Labute approximate surface area is 117 Å². The summed E-state index contributed by atoms with van der Waals surface area (Å²) < 4.78 is 1.17. The van der Waals surface area contributed by atoms with E-state index in [1.54, 1.807) is 17.7 Å². The van der Waals surface area contributed by atoms with E-state index in [0.29, 0.717) is 5.41 Å². The molecule has 102 valence electrons. The second kappa shape index (κ2) is 5.06. The molecule has 2 aromatic heterocycles. The minimum absolute atomic E-state index is 0.376. The average molecular weight is 276 g/mol. The maximum absolute atomic E-state index is 4.39. The summed E-state index contributed by atoms with van der Waals surface area (Å²) >= 11 is 1.70. The van der Waals surface area contributed by atoms with Gasteiger partial charge in [0.1, 0.15) is 12.1 Å². The SMILES string of the molecule is CN1CCC(C)(CNc2ncnc3ccsc23)CC1. The normalized spacial score (nSPS) is 19.7. The highest BCUT2D eigenvalue weighted by Crippen LogP contribution is 2.32. The summed E-state index contributed by atoms with van der Waals surface area (Å²) in [4.78, 5) is 11.1. The first kappa shape index (κ1) is 12.8. The summed E-state index contributed by atoms with van der Waals surface area (Å²) in [7, 11) is 2.20. The van der Waals surface area contributed by atoms with Gasteiger partial charge in [0.2, 0.25) is 0 Å². The molecule has 1 N–H and O–H groups in total. The molecule has 1 aliphatic heterocycles. The molecule has 0 atom stereocenters. The van der Waals surface area contributed by atoms with Gasteiger partial charge in [0.25, 0.3) is 0 Å². The van der Waals surface area contributed by atoms with Crippen LogP contribution in [0.1, 0.15) is 19.8 Å². The minimum atomic E-state index is 0.376. The van der Waals surface area contributed by atoms with E-state index >= 15 is 0 Å². The van der Waals surface area contributed by atoms with E-state index in [4.69, 9.17) is 0 Å². The highest BCUT2D eigenvalue weighted by molar-refractivity contribution is 7.17. The van der Waals surface area contributed by atoms with Crippen molar-refractivity contribution < 1.29 is 0 Å². The summed E-state index contributed by atoms with van der Waals surface area (Å²) in [6.45, 7) is 5.75. The molecule has 3 rings (SSSR count). The maximum atomic E-state index is 4.39. The lowest BCUT2D eigenvalue weighted by atomic mass is 9.80. The van der Waals surface area contributed by atoms with Gasteiger partial charge in [-0.2, -0.15) is 0 Å². The fourth-order valence-corrected chi connectivity index (χ4v) is 3.36. The van der Waals surface area contributed by atoms with Crippen molar-refractivity contribution >= 4 is 27.4 Å². The lowest BCUT2D eigenvalue weighted by molar-refractivity contribution is 0.150. The summed E-state index contributed by atoms with van der Waals surface area (Å²) in [5.74, 6) is 0.986. The predicted molar refractivity (Wildman–Crippen MR) is 80.7 cm³/mol. The van der Waals surface area contributed by atoms with Gasteiger partial charge in [-0.05, 0) is 49.8 Å². The van der Waals surface area contributed by atoms with Gasteiger partial charge in [-0.1, -0.05) is 6.92 Å². The number of hydrogen-bond acceptors (Lipinski definition) is 5. The van der Waals surface area contributed by atoms with Crippen molar-refractivity contribution in [3.8, 4) is 0 Å². The Morgan fingerprint density at radius 1 is 1.37 bits per heavy atom. The number of likely N-dealkylation sites (tertiary alicyclic amines) is 1. The van der Waals surface area contributed by atoms with Crippen LogP contribution in [0.5, 0.6) is 0 Å². The molecule has 1 fully saturated rings. The number of hydrogen-bond donors (Lipinski definition) is 1. The van der Waals surface area contributed by atoms with E-state index in [2.05, 4.69) is 39.5 Å². The molecule has 0 spiro atoms. The molecule has 0 radical (unpaired) electrons. The number of aromatic nitrogens is 2. The number of rotatable bonds is 3. The van der Waals surface area contributed by atoms with Gasteiger partial charge in [0.15, 0.2) is 0 Å². The van der Waals surface area contributed by atoms with Crippen molar-refractivity contribution in [2.24, 2.45) is 5.41 Å². The van der Waals surface area contributed by atoms with E-state index < -0.39 is 0 Å². The van der Waals surface area contributed by atoms with Crippen molar-refractivity contribution in [2.45, 2.75) is 19.8 Å². The fraction of sp³-hybridized carbons (Fsp3) is 0.571. The molecule has 19 heavy (non-hydrogen) atoms. The van der Waals surface area contributed by atoms with Crippen LogP contribution >= 0.6 is 11.3 Å². The van der Waals surface area contributed by atoms with E-state index in [0.717, 1.165) is 17.9 Å². The van der Waals surface area contributed by atoms with Crippen LogP contribution in [0.2, 0.25) is 0 Å². The Bertz CT molecular complexity index is 557. The summed E-state index contributed by atoms with van der Waals surface area (Å²) in [5, 5.41) is 5.61. The van der Waals surface area contributed by atoms with Gasteiger partial charge in [0, 0.05) is 6.54 Å². The van der Waals surface area contributed by atoms with E-state index in [-0.39, 0.29) is 0 Å². The molecule has 0 saturated carbocycles. The zero-order valence-electron chi connectivity index (χ0n) is 11.5. The van der Waals surface area contributed by atoms with Crippen LogP contribution in [0.4, 0.5) is 5.82 Å². The quantitative estimate of drug-likeness (QED) is 0.936. The Morgan fingerprint density at radius 2 is 2.16 bits per heavy atom. The molecule has 0 aliphatic carbocycles. The number of anilines is 1. The highest BCUT2D eigenvalue weighted by atomic mass is 32.1. The first-order valence-electron chi connectivity index (χ1n) is 6.77. The highest BCUT2D eigenvalue weighted by Gasteiger charge is 2.28. The Kier molecular flexibility index (Phi) is 3.41. The van der Waals surface area contributed by atoms with E-state index in [9.17, 15) is 0 Å². The molecule has 2 aromatic rings. The smallest absolute Gasteiger partial charge is 0.147 e. The topological polar surface area (TPSA) is 41.0 Å². The van der Waals surface area contributed by atoms with Crippen molar-refractivity contribution in [2.75, 3.05) is 32.0 Å². The van der Waals surface area contributed by atoms with Crippen LogP contribution < -0.4 is 5.32 Å². The Balaban J connectivity index is 1.70. The first-order chi connectivity index (χ1) is 9.16. The van der Waals surface area contributed by atoms with Crippen molar-refractivity contribution in [1.29, 1.82) is 0 Å². The molecule has 0 aromatic carbocycles. The molecule has 0 bridgehead atoms. The third kappa shape index (κ3) is 2.72. The molecule has 5 heteroatoms. The van der Waals surface area contributed by atoms with Gasteiger partial charge in [-0.15, -0.1) is 11.3 Å². The lowest BCUT2D eigenvalue weighted by Gasteiger charge is -2.38. The second-order valence-corrected chi connectivity index (χ2v) is 6.74. The molecule has 3 heterocycles. The van der Waals surface area contributed by atoms with Crippen LogP contribution in [0, 0.1) is 5.41 Å². The number of nitrogens with zero attached hydrogens (tertiary/aromatic N) is 3. The van der Waals surface area contributed by atoms with Crippen LogP contribution in [0.3, 0.4) is 0 Å². The van der Waals surface area contributed by atoms with E-state index in [1.165, 1.54) is 30.6 Å². The first-order valence-corrected chi connectivity index (χ1v) is 7.65. The third-order valence-electron chi connectivity index (χ3n) is 4.12. The number of fused-ring (bicyclic) bond motifs is 1. The van der Waals surface area contributed by atoms with Crippen molar-refractivity contribution in [3.05, 3.63) is 17.8 Å². The van der Waals surface area contributed by atoms with E-state index in [1.807, 2.05) is 6.07 Å². The number of nitrogens with one attached hydrogen (secondary N) is 1. The summed E-state index contributed by atoms with van der Waals surface area (Å²) in [6.07, 6.45) is 4.14. The zero-order valence-corrected chi connectivity index (χ0v) is 12.3. The zero-order chi connectivity index (χ0) is 13.3. The average Bonchev–Trinajstić information content (AvgIpc) is 2.89. The summed E-state index contributed by atoms with van der Waals surface area (Å²) in [5.41, 5.74) is 1.41. The molecule has 1 saturated heterocycles. The lowest BCUT2D eigenvalue weighted by Crippen LogP contribution is -2.40. The minimum Gasteiger partial charge on any atom is -0.368 e. The third-order valence-corrected chi connectivity index (χ3v) is 5.03. The van der Waals surface area contributed by atoms with Gasteiger partial charge >= 0.3 is 0 Å². The molecule has 0 amide bonds. The largest absolute Gasteiger partial charge is 0.368 e. The fourth-order valence-electron chi connectivity index (χ4n) is 2.55. The molecular formula is C14H20N4S. The van der Waals surface area contributed by atoms with Crippen LogP contribution in [-0.4, -0.2) is 41.5 Å². The van der Waals surface area contributed by atoms with Gasteiger partial charge in [0.05, 0.1) is 10.2 Å². The summed E-state index contributed by atoms with van der Waals surface area (Å²) in [6, 6.07) is 2.05. The Morgan fingerprint density at radius 3 is 2.95 bits per heavy atom. The number of piperidine rings is 1. The van der Waals surface area contributed by atoms with Gasteiger partial charge < -0.3 is 10.2 Å². The number of thiophene rings is 1. The van der Waals surface area contributed by atoms with Crippen molar-refractivity contribution in [3.63, 3.8) is 0 Å². The monoisotopic (exact) mass is 276 g/mol. The molecule has 0 unspecified atom stereocenters. The predicted octanol–water partition coefficient (Wildman–Crippen LogP) is 2.84.